The fourth-order valence-electron chi connectivity index (χ4n) is 1.53. The highest BCUT2D eigenvalue weighted by Crippen LogP contribution is 2.30. The lowest BCUT2D eigenvalue weighted by Crippen LogP contribution is -2.14. The molecule has 2 aromatic rings. The standard InChI is InChI=1S/C10H12N2O2/c11-8(5-13)6-1-2-9-7(10(6)14)3-4-12-9/h1-4,8,12-14H,5,11H2/t8-/m1/s1. The molecule has 0 aliphatic rings. The SMILES string of the molecule is N[C@H](CO)c1ccc2[nH]ccc2c1O. The van der Waals surface area contributed by atoms with E-state index in [2.05, 4.69) is 4.98 Å². The number of benzene rings is 1. The number of aromatic amines is 1. The van der Waals surface area contributed by atoms with Gasteiger partial charge < -0.3 is 20.9 Å². The van der Waals surface area contributed by atoms with Crippen LogP contribution in [0.2, 0.25) is 0 Å². The zero-order valence-electron chi connectivity index (χ0n) is 7.57. The largest absolute Gasteiger partial charge is 0.507 e. The van der Waals surface area contributed by atoms with Gasteiger partial charge in [0.1, 0.15) is 5.75 Å². The zero-order valence-corrected chi connectivity index (χ0v) is 7.57. The van der Waals surface area contributed by atoms with Crippen molar-refractivity contribution in [3.8, 4) is 5.75 Å². The Balaban J connectivity index is 2.61. The van der Waals surface area contributed by atoms with Crippen LogP contribution in [0.3, 0.4) is 0 Å². The quantitative estimate of drug-likeness (QED) is 0.569. The molecule has 14 heavy (non-hydrogen) atoms. The molecule has 0 spiro atoms. The fourth-order valence-corrected chi connectivity index (χ4v) is 1.53. The van der Waals surface area contributed by atoms with Crippen LogP contribution < -0.4 is 5.73 Å². The summed E-state index contributed by atoms with van der Waals surface area (Å²) in [7, 11) is 0. The number of nitrogens with two attached hydrogens (primary N) is 1. The molecule has 0 unspecified atom stereocenters. The predicted octanol–water partition coefficient (Wildman–Crippen LogP) is 0.866. The molecule has 0 radical (unpaired) electrons. The minimum Gasteiger partial charge on any atom is -0.507 e. The van der Waals surface area contributed by atoms with Gasteiger partial charge in [0.2, 0.25) is 0 Å². The van der Waals surface area contributed by atoms with Gasteiger partial charge in [-0.1, -0.05) is 6.07 Å². The van der Waals surface area contributed by atoms with Gasteiger partial charge >= 0.3 is 0 Å². The molecule has 1 atom stereocenters. The lowest BCUT2D eigenvalue weighted by atomic mass is 10.0. The number of phenolic OH excluding ortho intramolecular Hbond substituents is 1. The maximum absolute atomic E-state index is 9.83. The summed E-state index contributed by atoms with van der Waals surface area (Å²) in [4.78, 5) is 2.98. The average Bonchev–Trinajstić information content (AvgIpc) is 2.66. The zero-order chi connectivity index (χ0) is 10.1. The summed E-state index contributed by atoms with van der Waals surface area (Å²) in [5.41, 5.74) is 7.06. The van der Waals surface area contributed by atoms with E-state index in [1.807, 2.05) is 6.07 Å². The van der Waals surface area contributed by atoms with E-state index in [-0.39, 0.29) is 12.4 Å². The number of aliphatic hydroxyl groups is 1. The van der Waals surface area contributed by atoms with Crippen LogP contribution in [-0.2, 0) is 0 Å². The Morgan fingerprint density at radius 3 is 2.86 bits per heavy atom. The van der Waals surface area contributed by atoms with E-state index in [0.29, 0.717) is 5.56 Å². The average molecular weight is 192 g/mol. The van der Waals surface area contributed by atoms with Crippen molar-refractivity contribution in [3.05, 3.63) is 30.0 Å². The number of aromatic nitrogens is 1. The van der Waals surface area contributed by atoms with Crippen molar-refractivity contribution >= 4 is 10.9 Å². The molecule has 2 rings (SSSR count). The molecule has 1 heterocycles. The Morgan fingerprint density at radius 2 is 2.14 bits per heavy atom. The van der Waals surface area contributed by atoms with Gasteiger partial charge in [0.05, 0.1) is 12.6 Å². The highest BCUT2D eigenvalue weighted by Gasteiger charge is 2.12. The number of aliphatic hydroxyl groups excluding tert-OH is 1. The Morgan fingerprint density at radius 1 is 1.36 bits per heavy atom. The summed E-state index contributed by atoms with van der Waals surface area (Å²) >= 11 is 0. The van der Waals surface area contributed by atoms with Gasteiger partial charge in [-0.3, -0.25) is 0 Å². The van der Waals surface area contributed by atoms with Crippen LogP contribution in [0.4, 0.5) is 0 Å². The van der Waals surface area contributed by atoms with Gasteiger partial charge in [0, 0.05) is 22.7 Å². The van der Waals surface area contributed by atoms with Crippen molar-refractivity contribution in [1.29, 1.82) is 0 Å². The molecular formula is C10H12N2O2. The van der Waals surface area contributed by atoms with Crippen LogP contribution in [0.25, 0.3) is 10.9 Å². The highest BCUT2D eigenvalue weighted by atomic mass is 16.3. The second-order valence-corrected chi connectivity index (χ2v) is 3.23. The van der Waals surface area contributed by atoms with Crippen molar-refractivity contribution in [2.24, 2.45) is 5.73 Å². The molecule has 0 aliphatic carbocycles. The van der Waals surface area contributed by atoms with E-state index >= 15 is 0 Å². The predicted molar refractivity (Wildman–Crippen MR) is 54.0 cm³/mol. The van der Waals surface area contributed by atoms with E-state index in [9.17, 15) is 5.11 Å². The number of hydrogen-bond acceptors (Lipinski definition) is 3. The first-order valence-corrected chi connectivity index (χ1v) is 4.39. The molecule has 4 nitrogen and oxygen atoms in total. The van der Waals surface area contributed by atoms with E-state index in [4.69, 9.17) is 10.8 Å². The fraction of sp³-hybridized carbons (Fsp3) is 0.200. The summed E-state index contributed by atoms with van der Waals surface area (Å²) in [5.74, 6) is 0.144. The Labute approximate surface area is 81.0 Å². The molecule has 0 bridgehead atoms. The molecule has 0 fully saturated rings. The number of nitrogens with one attached hydrogen (secondary N) is 1. The molecule has 0 saturated carbocycles. The maximum Gasteiger partial charge on any atom is 0.129 e. The molecule has 5 N–H and O–H groups in total. The molecular weight excluding hydrogens is 180 g/mol. The number of hydrogen-bond donors (Lipinski definition) is 4. The summed E-state index contributed by atoms with van der Waals surface area (Å²) in [6, 6.07) is 4.79. The van der Waals surface area contributed by atoms with Crippen LogP contribution >= 0.6 is 0 Å². The summed E-state index contributed by atoms with van der Waals surface area (Å²) in [5, 5.41) is 19.4. The topological polar surface area (TPSA) is 82.3 Å². The third-order valence-electron chi connectivity index (χ3n) is 2.33. The molecule has 1 aromatic heterocycles. The van der Waals surface area contributed by atoms with Crippen molar-refractivity contribution in [1.82, 2.24) is 4.98 Å². The number of rotatable bonds is 2. The Kier molecular flexibility index (Phi) is 2.15. The van der Waals surface area contributed by atoms with Gasteiger partial charge in [-0.25, -0.2) is 0 Å². The van der Waals surface area contributed by atoms with Crippen LogP contribution in [0, 0.1) is 0 Å². The first-order valence-electron chi connectivity index (χ1n) is 4.39. The van der Waals surface area contributed by atoms with Gasteiger partial charge in [0.15, 0.2) is 0 Å². The van der Waals surface area contributed by atoms with Gasteiger partial charge in [-0.05, 0) is 12.1 Å². The molecule has 4 heteroatoms. The summed E-state index contributed by atoms with van der Waals surface area (Å²) in [6.07, 6.45) is 1.75. The third-order valence-corrected chi connectivity index (χ3v) is 2.33. The molecule has 0 amide bonds. The van der Waals surface area contributed by atoms with E-state index < -0.39 is 6.04 Å². The van der Waals surface area contributed by atoms with E-state index in [1.54, 1.807) is 18.3 Å². The first kappa shape index (κ1) is 9.05. The number of fused-ring (bicyclic) bond motifs is 1. The lowest BCUT2D eigenvalue weighted by Gasteiger charge is -2.10. The van der Waals surface area contributed by atoms with Crippen molar-refractivity contribution < 1.29 is 10.2 Å². The van der Waals surface area contributed by atoms with Gasteiger partial charge in [0.25, 0.3) is 0 Å². The number of H-pyrrole nitrogens is 1. The third kappa shape index (κ3) is 1.25. The summed E-state index contributed by atoms with van der Waals surface area (Å²) in [6.45, 7) is -0.177. The molecule has 1 aromatic carbocycles. The molecule has 0 saturated heterocycles. The van der Waals surface area contributed by atoms with Gasteiger partial charge in [-0.2, -0.15) is 0 Å². The first-order chi connectivity index (χ1) is 6.74. The van der Waals surface area contributed by atoms with Crippen molar-refractivity contribution in [2.45, 2.75) is 6.04 Å². The Bertz CT molecular complexity index is 450. The smallest absolute Gasteiger partial charge is 0.129 e. The van der Waals surface area contributed by atoms with Crippen LogP contribution in [0.1, 0.15) is 11.6 Å². The lowest BCUT2D eigenvalue weighted by molar-refractivity contribution is 0.265. The van der Waals surface area contributed by atoms with Crippen LogP contribution in [0.5, 0.6) is 5.75 Å². The monoisotopic (exact) mass is 192 g/mol. The minimum atomic E-state index is -0.533. The Hall–Kier alpha value is -1.52. The van der Waals surface area contributed by atoms with Gasteiger partial charge in [-0.15, -0.1) is 0 Å². The van der Waals surface area contributed by atoms with E-state index in [1.165, 1.54) is 0 Å². The number of phenols is 1. The van der Waals surface area contributed by atoms with Crippen molar-refractivity contribution in [3.63, 3.8) is 0 Å². The normalized spacial score (nSPS) is 13.3. The second kappa shape index (κ2) is 3.32. The second-order valence-electron chi connectivity index (χ2n) is 3.23. The van der Waals surface area contributed by atoms with Crippen LogP contribution in [-0.4, -0.2) is 21.8 Å². The maximum atomic E-state index is 9.83. The van der Waals surface area contributed by atoms with Crippen molar-refractivity contribution in [2.75, 3.05) is 6.61 Å². The van der Waals surface area contributed by atoms with Crippen LogP contribution in [0.15, 0.2) is 24.4 Å². The molecule has 74 valence electrons. The number of aromatic hydroxyl groups is 1. The molecule has 0 aliphatic heterocycles. The summed E-state index contributed by atoms with van der Waals surface area (Å²) < 4.78 is 0. The van der Waals surface area contributed by atoms with E-state index in [0.717, 1.165) is 10.9 Å². The minimum absolute atomic E-state index is 0.144. The highest BCUT2D eigenvalue weighted by molar-refractivity contribution is 5.87.